The number of aromatic nitrogens is 2. The van der Waals surface area contributed by atoms with Gasteiger partial charge in [-0.15, -0.1) is 0 Å². The minimum atomic E-state index is -0.186. The van der Waals surface area contributed by atoms with E-state index in [-0.39, 0.29) is 11.5 Å². The van der Waals surface area contributed by atoms with Crippen LogP contribution in [0.5, 0.6) is 5.75 Å². The molecule has 3 aromatic carbocycles. The van der Waals surface area contributed by atoms with Crippen molar-refractivity contribution < 1.29 is 4.74 Å². The van der Waals surface area contributed by atoms with Crippen molar-refractivity contribution in [2.24, 2.45) is 5.10 Å². The van der Waals surface area contributed by atoms with E-state index >= 15 is 0 Å². The second kappa shape index (κ2) is 9.27. The van der Waals surface area contributed by atoms with Gasteiger partial charge < -0.3 is 4.74 Å². The van der Waals surface area contributed by atoms with Gasteiger partial charge in [-0.1, -0.05) is 60.1 Å². The van der Waals surface area contributed by atoms with Crippen LogP contribution >= 0.6 is 15.9 Å². The fourth-order valence-corrected chi connectivity index (χ4v) is 3.53. The van der Waals surface area contributed by atoms with Gasteiger partial charge in [-0.2, -0.15) is 9.78 Å². The number of fused-ring (bicyclic) bond motifs is 1. The second-order valence-electron chi connectivity index (χ2n) is 7.49. The van der Waals surface area contributed by atoms with Gasteiger partial charge in [-0.05, 0) is 53.6 Å². The summed E-state index contributed by atoms with van der Waals surface area (Å²) in [6.45, 7) is 4.51. The van der Waals surface area contributed by atoms with Gasteiger partial charge in [-0.3, -0.25) is 4.79 Å². The molecule has 0 aliphatic carbocycles. The lowest BCUT2D eigenvalue weighted by atomic mass is 10.2. The lowest BCUT2D eigenvalue weighted by Crippen LogP contribution is -2.23. The molecule has 4 rings (SSSR count). The Morgan fingerprint density at radius 2 is 1.81 bits per heavy atom. The number of rotatable bonds is 6. The van der Waals surface area contributed by atoms with Crippen LogP contribution in [0.3, 0.4) is 0 Å². The zero-order valence-corrected chi connectivity index (χ0v) is 18.9. The van der Waals surface area contributed by atoms with Crippen molar-refractivity contribution in [2.75, 3.05) is 0 Å². The van der Waals surface area contributed by atoms with Crippen molar-refractivity contribution >= 4 is 33.0 Å². The van der Waals surface area contributed by atoms with Gasteiger partial charge in [0.2, 0.25) is 0 Å². The van der Waals surface area contributed by atoms with Crippen molar-refractivity contribution in [3.8, 4) is 5.75 Å². The first-order valence-corrected chi connectivity index (χ1v) is 10.8. The molecule has 1 heterocycles. The summed E-state index contributed by atoms with van der Waals surface area (Å²) in [5.74, 6) is 1.45. The molecular formula is C25H22BrN3O2. The molecule has 0 aliphatic rings. The monoisotopic (exact) mass is 475 g/mol. The van der Waals surface area contributed by atoms with Crippen LogP contribution in [-0.4, -0.2) is 15.9 Å². The second-order valence-corrected chi connectivity index (χ2v) is 8.41. The molecule has 0 amide bonds. The summed E-state index contributed by atoms with van der Waals surface area (Å²) in [6.07, 6.45) is 1.67. The average Bonchev–Trinajstić information content (AvgIpc) is 2.78. The third kappa shape index (κ3) is 4.91. The molecule has 31 heavy (non-hydrogen) atoms. The number of hydrogen-bond acceptors (Lipinski definition) is 4. The molecule has 5 nitrogen and oxygen atoms in total. The Balaban J connectivity index is 1.58. The van der Waals surface area contributed by atoms with Crippen molar-refractivity contribution in [1.82, 2.24) is 9.66 Å². The minimum absolute atomic E-state index is 0.0478. The number of ether oxygens (including phenoxy) is 1. The number of nitrogens with zero attached hydrogens (tertiary/aromatic N) is 3. The Morgan fingerprint density at radius 3 is 2.52 bits per heavy atom. The lowest BCUT2D eigenvalue weighted by molar-refractivity contribution is 0.306. The molecule has 0 N–H and O–H groups in total. The van der Waals surface area contributed by atoms with Crippen molar-refractivity contribution in [1.29, 1.82) is 0 Å². The van der Waals surface area contributed by atoms with Gasteiger partial charge in [0.15, 0.2) is 0 Å². The fraction of sp³-hybridized carbons (Fsp3) is 0.160. The molecule has 6 heteroatoms. The smallest absolute Gasteiger partial charge is 0.282 e. The fourth-order valence-electron chi connectivity index (χ4n) is 3.17. The molecule has 0 spiro atoms. The highest BCUT2D eigenvalue weighted by Crippen LogP contribution is 2.19. The summed E-state index contributed by atoms with van der Waals surface area (Å²) in [7, 11) is 0. The maximum absolute atomic E-state index is 13.1. The number of halogens is 1. The van der Waals surface area contributed by atoms with E-state index in [1.165, 1.54) is 4.68 Å². The van der Waals surface area contributed by atoms with Gasteiger partial charge in [-0.25, -0.2) is 4.98 Å². The zero-order valence-electron chi connectivity index (χ0n) is 17.3. The Morgan fingerprint density at radius 1 is 1.06 bits per heavy atom. The van der Waals surface area contributed by atoms with Crippen LogP contribution in [-0.2, 0) is 6.61 Å². The van der Waals surface area contributed by atoms with E-state index in [1.807, 2.05) is 80.6 Å². The van der Waals surface area contributed by atoms with E-state index in [9.17, 15) is 4.79 Å². The largest absolute Gasteiger partial charge is 0.489 e. The first kappa shape index (κ1) is 21.0. The molecule has 0 atom stereocenters. The molecule has 0 radical (unpaired) electrons. The Hall–Kier alpha value is -3.25. The number of benzene rings is 3. The molecule has 0 saturated heterocycles. The van der Waals surface area contributed by atoms with Crippen LogP contribution in [0.4, 0.5) is 0 Å². The highest BCUT2D eigenvalue weighted by Gasteiger charge is 2.13. The summed E-state index contributed by atoms with van der Waals surface area (Å²) >= 11 is 3.42. The Labute approximate surface area is 189 Å². The van der Waals surface area contributed by atoms with E-state index in [2.05, 4.69) is 26.0 Å². The Kier molecular flexibility index (Phi) is 6.28. The standard InChI is InChI=1S/C25H22BrN3O2/c1-17(2)24-28-23-13-10-20(26)14-22(23)25(30)29(24)27-15-18-8-11-21(12-9-18)31-16-19-6-4-3-5-7-19/h3-15,17H,16H2,1-2H3. The third-order valence-corrected chi connectivity index (χ3v) is 5.29. The van der Waals surface area contributed by atoms with Crippen molar-refractivity contribution in [3.05, 3.63) is 105 Å². The quantitative estimate of drug-likeness (QED) is 0.334. The zero-order chi connectivity index (χ0) is 21.8. The molecule has 1 aromatic heterocycles. The summed E-state index contributed by atoms with van der Waals surface area (Å²) in [4.78, 5) is 17.7. The summed E-state index contributed by atoms with van der Waals surface area (Å²) < 4.78 is 8.04. The SMILES string of the molecule is CC(C)c1nc2ccc(Br)cc2c(=O)n1N=Cc1ccc(OCc2ccccc2)cc1. The van der Waals surface area contributed by atoms with E-state index in [4.69, 9.17) is 4.74 Å². The normalized spacial score (nSPS) is 11.5. The van der Waals surface area contributed by atoms with Crippen LogP contribution in [0.15, 0.2) is 87.2 Å². The molecule has 0 bridgehead atoms. The van der Waals surface area contributed by atoms with Gasteiger partial charge >= 0.3 is 0 Å². The van der Waals surface area contributed by atoms with E-state index in [1.54, 1.807) is 12.3 Å². The summed E-state index contributed by atoms with van der Waals surface area (Å²) in [6, 6.07) is 23.1. The van der Waals surface area contributed by atoms with Gasteiger partial charge in [0.05, 0.1) is 17.1 Å². The highest BCUT2D eigenvalue weighted by molar-refractivity contribution is 9.10. The molecule has 156 valence electrons. The van der Waals surface area contributed by atoms with Crippen LogP contribution in [0.25, 0.3) is 10.9 Å². The average molecular weight is 476 g/mol. The maximum Gasteiger partial charge on any atom is 0.282 e. The van der Waals surface area contributed by atoms with Crippen LogP contribution in [0, 0.1) is 0 Å². The van der Waals surface area contributed by atoms with Crippen LogP contribution < -0.4 is 10.3 Å². The first-order chi connectivity index (χ1) is 15.0. The molecular weight excluding hydrogens is 454 g/mol. The summed E-state index contributed by atoms with van der Waals surface area (Å²) in [5, 5.41) is 4.99. The lowest BCUT2D eigenvalue weighted by Gasteiger charge is -2.12. The van der Waals surface area contributed by atoms with Gasteiger partial charge in [0.1, 0.15) is 18.2 Å². The van der Waals surface area contributed by atoms with Crippen molar-refractivity contribution in [2.45, 2.75) is 26.4 Å². The van der Waals surface area contributed by atoms with Crippen LogP contribution in [0.1, 0.15) is 36.7 Å². The van der Waals surface area contributed by atoms with Gasteiger partial charge in [0, 0.05) is 10.4 Å². The maximum atomic E-state index is 13.1. The molecule has 0 unspecified atom stereocenters. The molecule has 4 aromatic rings. The molecule has 0 saturated carbocycles. The first-order valence-electron chi connectivity index (χ1n) is 10.0. The van der Waals surface area contributed by atoms with E-state index in [0.717, 1.165) is 21.3 Å². The van der Waals surface area contributed by atoms with E-state index < -0.39 is 0 Å². The van der Waals surface area contributed by atoms with Gasteiger partial charge in [0.25, 0.3) is 5.56 Å². The van der Waals surface area contributed by atoms with Crippen molar-refractivity contribution in [3.63, 3.8) is 0 Å². The summed E-state index contributed by atoms with van der Waals surface area (Å²) in [5.41, 5.74) is 2.46. The molecule has 0 aliphatic heterocycles. The molecule has 0 fully saturated rings. The topological polar surface area (TPSA) is 56.5 Å². The minimum Gasteiger partial charge on any atom is -0.489 e. The predicted octanol–water partition coefficient (Wildman–Crippen LogP) is 5.74. The van der Waals surface area contributed by atoms with Crippen LogP contribution in [0.2, 0.25) is 0 Å². The third-order valence-electron chi connectivity index (χ3n) is 4.80. The Bertz CT molecular complexity index is 1280. The van der Waals surface area contributed by atoms with E-state index in [0.29, 0.717) is 23.3 Å². The highest BCUT2D eigenvalue weighted by atomic mass is 79.9. The predicted molar refractivity (Wildman–Crippen MR) is 128 cm³/mol. The number of hydrogen-bond donors (Lipinski definition) is 0.